The number of halogens is 1. The van der Waals surface area contributed by atoms with Gasteiger partial charge in [0.05, 0.1) is 0 Å². The van der Waals surface area contributed by atoms with E-state index in [9.17, 15) is 0 Å². The topological polar surface area (TPSA) is 49.3 Å². The smallest absolute Gasteiger partial charge is 0.191 e. The highest BCUT2D eigenvalue weighted by molar-refractivity contribution is 14.0. The van der Waals surface area contributed by atoms with E-state index in [1.807, 2.05) is 20.2 Å². The van der Waals surface area contributed by atoms with Crippen molar-refractivity contribution in [2.45, 2.75) is 51.5 Å². The van der Waals surface area contributed by atoms with Crippen LogP contribution in [-0.2, 0) is 6.42 Å². The number of hydrogen-bond acceptors (Lipinski definition) is 2. The second kappa shape index (κ2) is 9.97. The normalized spacial score (nSPS) is 16.2. The molecule has 2 N–H and O–H groups in total. The zero-order chi connectivity index (χ0) is 14.2. The van der Waals surface area contributed by atoms with Crippen LogP contribution in [0.25, 0.3) is 0 Å². The van der Waals surface area contributed by atoms with Crippen LogP contribution >= 0.6 is 24.0 Å². The van der Waals surface area contributed by atoms with Gasteiger partial charge in [0, 0.05) is 31.5 Å². The maximum Gasteiger partial charge on any atom is 0.191 e. The average molecular weight is 402 g/mol. The summed E-state index contributed by atoms with van der Waals surface area (Å²) in [5.74, 6) is 0.928. The van der Waals surface area contributed by atoms with Gasteiger partial charge in [-0.25, -0.2) is 0 Å². The molecule has 0 amide bonds. The first-order chi connectivity index (χ1) is 9.78. The Balaban J connectivity index is 0.00000220. The van der Waals surface area contributed by atoms with E-state index in [0.29, 0.717) is 6.04 Å². The lowest BCUT2D eigenvalue weighted by Gasteiger charge is -2.24. The number of nitrogens with one attached hydrogen (secondary N) is 2. The highest BCUT2D eigenvalue weighted by Crippen LogP contribution is 2.17. The molecule has 1 aliphatic rings. The Morgan fingerprint density at radius 3 is 2.67 bits per heavy atom. The van der Waals surface area contributed by atoms with Crippen LogP contribution < -0.4 is 10.6 Å². The van der Waals surface area contributed by atoms with E-state index in [2.05, 4.69) is 32.7 Å². The molecule has 1 aliphatic carbocycles. The fraction of sp³-hybridized carbons (Fsp3) is 0.625. The molecule has 1 heterocycles. The van der Waals surface area contributed by atoms with Gasteiger partial charge >= 0.3 is 0 Å². The molecule has 4 nitrogen and oxygen atoms in total. The van der Waals surface area contributed by atoms with Gasteiger partial charge in [-0.15, -0.1) is 24.0 Å². The summed E-state index contributed by atoms with van der Waals surface area (Å²) in [6.45, 7) is 2.90. The van der Waals surface area contributed by atoms with Gasteiger partial charge in [-0.05, 0) is 37.8 Å². The van der Waals surface area contributed by atoms with E-state index in [0.717, 1.165) is 24.6 Å². The first kappa shape index (κ1) is 18.2. The largest absolute Gasteiger partial charge is 0.356 e. The molecule has 1 aromatic heterocycles. The zero-order valence-electron chi connectivity index (χ0n) is 13.1. The second-order valence-corrected chi connectivity index (χ2v) is 5.54. The minimum Gasteiger partial charge on any atom is -0.356 e. The van der Waals surface area contributed by atoms with E-state index in [4.69, 9.17) is 0 Å². The summed E-state index contributed by atoms with van der Waals surface area (Å²) >= 11 is 0. The van der Waals surface area contributed by atoms with E-state index in [-0.39, 0.29) is 24.0 Å². The van der Waals surface area contributed by atoms with Gasteiger partial charge in [-0.3, -0.25) is 9.98 Å². The van der Waals surface area contributed by atoms with E-state index in [1.54, 1.807) is 0 Å². The van der Waals surface area contributed by atoms with Crippen molar-refractivity contribution in [2.75, 3.05) is 13.6 Å². The van der Waals surface area contributed by atoms with E-state index in [1.165, 1.54) is 37.7 Å². The Labute approximate surface area is 145 Å². The molecule has 1 saturated carbocycles. The molecule has 0 radical (unpaired) electrons. The number of nitrogens with zero attached hydrogens (tertiary/aromatic N) is 2. The standard InChI is InChI=1S/C16H26N4.HI/c1-13-8-9-14(12-19-13)10-11-18-16(17-2)20-15-6-4-3-5-7-15;/h8-9,12,15H,3-7,10-11H2,1-2H3,(H2,17,18,20);1H. The SMILES string of the molecule is CN=C(NCCc1ccc(C)nc1)NC1CCCCC1.I. The Kier molecular flexibility index (Phi) is 8.64. The molecule has 2 rings (SSSR count). The summed E-state index contributed by atoms with van der Waals surface area (Å²) in [5, 5.41) is 6.92. The molecule has 0 bridgehead atoms. The van der Waals surface area contributed by atoms with Crippen LogP contribution in [-0.4, -0.2) is 30.6 Å². The van der Waals surface area contributed by atoms with Crippen molar-refractivity contribution >= 4 is 29.9 Å². The molecule has 0 aromatic carbocycles. The lowest BCUT2D eigenvalue weighted by molar-refractivity contribution is 0.410. The monoisotopic (exact) mass is 402 g/mol. The summed E-state index contributed by atoms with van der Waals surface area (Å²) in [5.41, 5.74) is 2.33. The van der Waals surface area contributed by atoms with Crippen LogP contribution in [0, 0.1) is 6.92 Å². The molecule has 0 atom stereocenters. The van der Waals surface area contributed by atoms with Gasteiger partial charge in [0.25, 0.3) is 0 Å². The number of pyridine rings is 1. The van der Waals surface area contributed by atoms with Crippen molar-refractivity contribution in [2.24, 2.45) is 4.99 Å². The van der Waals surface area contributed by atoms with Gasteiger partial charge in [0.2, 0.25) is 0 Å². The minimum absolute atomic E-state index is 0. The zero-order valence-corrected chi connectivity index (χ0v) is 15.4. The van der Waals surface area contributed by atoms with E-state index >= 15 is 0 Å². The van der Waals surface area contributed by atoms with E-state index < -0.39 is 0 Å². The fourth-order valence-electron chi connectivity index (χ4n) is 2.61. The predicted octanol–water partition coefficient (Wildman–Crippen LogP) is 3.05. The van der Waals surface area contributed by atoms with Crippen LogP contribution in [0.3, 0.4) is 0 Å². The molecular weight excluding hydrogens is 375 g/mol. The number of aliphatic imine (C=N–C) groups is 1. The van der Waals surface area contributed by atoms with Gasteiger partial charge < -0.3 is 10.6 Å². The predicted molar refractivity (Wildman–Crippen MR) is 99.5 cm³/mol. The molecule has 0 saturated heterocycles. The molecule has 1 aromatic rings. The summed E-state index contributed by atoms with van der Waals surface area (Å²) in [7, 11) is 1.84. The number of aryl methyl sites for hydroxylation is 1. The van der Waals surface area contributed by atoms with Crippen molar-refractivity contribution in [1.82, 2.24) is 15.6 Å². The van der Waals surface area contributed by atoms with Crippen LogP contribution in [0.4, 0.5) is 0 Å². The molecular formula is C16H27IN4. The summed E-state index contributed by atoms with van der Waals surface area (Å²) in [4.78, 5) is 8.62. The van der Waals surface area contributed by atoms with Crippen LogP contribution in [0.2, 0.25) is 0 Å². The quantitative estimate of drug-likeness (QED) is 0.463. The summed E-state index contributed by atoms with van der Waals surface area (Å²) in [6.07, 6.45) is 9.51. The summed E-state index contributed by atoms with van der Waals surface area (Å²) in [6, 6.07) is 4.79. The molecule has 5 heteroatoms. The van der Waals surface area contributed by atoms with Crippen LogP contribution in [0.1, 0.15) is 43.4 Å². The third kappa shape index (κ3) is 6.63. The number of rotatable bonds is 4. The Morgan fingerprint density at radius 1 is 1.29 bits per heavy atom. The maximum absolute atomic E-state index is 4.32. The van der Waals surface area contributed by atoms with Gasteiger partial charge in [-0.2, -0.15) is 0 Å². The van der Waals surface area contributed by atoms with Crippen molar-refractivity contribution in [3.63, 3.8) is 0 Å². The maximum atomic E-state index is 4.32. The Morgan fingerprint density at radius 2 is 2.05 bits per heavy atom. The minimum atomic E-state index is 0. The highest BCUT2D eigenvalue weighted by atomic mass is 127. The molecule has 118 valence electrons. The molecule has 1 fully saturated rings. The number of aromatic nitrogens is 1. The molecule has 21 heavy (non-hydrogen) atoms. The third-order valence-electron chi connectivity index (χ3n) is 3.85. The lowest BCUT2D eigenvalue weighted by atomic mass is 9.96. The van der Waals surface area contributed by atoms with Crippen molar-refractivity contribution in [3.05, 3.63) is 29.6 Å². The van der Waals surface area contributed by atoms with Crippen LogP contribution in [0.15, 0.2) is 23.3 Å². The van der Waals surface area contributed by atoms with Gasteiger partial charge in [0.1, 0.15) is 0 Å². The average Bonchev–Trinajstić information content (AvgIpc) is 2.49. The molecule has 0 aliphatic heterocycles. The number of hydrogen-bond donors (Lipinski definition) is 2. The van der Waals surface area contributed by atoms with Gasteiger partial charge in [0.15, 0.2) is 5.96 Å². The Hall–Kier alpha value is -0.850. The molecule has 0 unspecified atom stereocenters. The van der Waals surface area contributed by atoms with Crippen molar-refractivity contribution in [3.8, 4) is 0 Å². The van der Waals surface area contributed by atoms with Crippen molar-refractivity contribution in [1.29, 1.82) is 0 Å². The number of guanidine groups is 1. The third-order valence-corrected chi connectivity index (χ3v) is 3.85. The second-order valence-electron chi connectivity index (χ2n) is 5.54. The van der Waals surface area contributed by atoms with Crippen LogP contribution in [0.5, 0.6) is 0 Å². The fourth-order valence-corrected chi connectivity index (χ4v) is 2.61. The van der Waals surface area contributed by atoms with Gasteiger partial charge in [-0.1, -0.05) is 25.3 Å². The van der Waals surface area contributed by atoms with Crippen molar-refractivity contribution < 1.29 is 0 Å². The first-order valence-electron chi connectivity index (χ1n) is 7.66. The summed E-state index contributed by atoms with van der Waals surface area (Å²) < 4.78 is 0. The lowest BCUT2D eigenvalue weighted by Crippen LogP contribution is -2.44. The molecule has 0 spiro atoms. The Bertz CT molecular complexity index is 424. The first-order valence-corrected chi connectivity index (χ1v) is 7.66. The highest BCUT2D eigenvalue weighted by Gasteiger charge is 2.14.